The number of fused-ring (bicyclic) bond motifs is 1. The monoisotopic (exact) mass is 400 g/mol. The first-order chi connectivity index (χ1) is 12.0. The van der Waals surface area contributed by atoms with Gasteiger partial charge in [0.1, 0.15) is 5.75 Å². The molecular formula is C17H13BrN4O3. The lowest BCUT2D eigenvalue weighted by molar-refractivity contribution is -0.120. The fourth-order valence-electron chi connectivity index (χ4n) is 2.30. The molecule has 3 N–H and O–H groups in total. The van der Waals surface area contributed by atoms with Crippen molar-refractivity contribution in [2.24, 2.45) is 5.10 Å². The Kier molecular flexibility index (Phi) is 4.90. The third kappa shape index (κ3) is 3.92. The smallest absolute Gasteiger partial charge is 0.272 e. The van der Waals surface area contributed by atoms with Gasteiger partial charge in [0.2, 0.25) is 5.91 Å². The van der Waals surface area contributed by atoms with Gasteiger partial charge in [0.05, 0.1) is 23.7 Å². The van der Waals surface area contributed by atoms with E-state index in [2.05, 4.69) is 36.7 Å². The minimum atomic E-state index is -0.393. The van der Waals surface area contributed by atoms with E-state index in [1.165, 1.54) is 12.3 Å². The van der Waals surface area contributed by atoms with Gasteiger partial charge in [0.15, 0.2) is 0 Å². The van der Waals surface area contributed by atoms with Crippen LogP contribution >= 0.6 is 15.9 Å². The third-order valence-corrected chi connectivity index (χ3v) is 3.98. The molecule has 25 heavy (non-hydrogen) atoms. The van der Waals surface area contributed by atoms with E-state index in [1.807, 2.05) is 0 Å². The number of H-pyrrole nitrogens is 1. The number of aromatic amines is 1. The molecule has 8 heteroatoms. The summed E-state index contributed by atoms with van der Waals surface area (Å²) in [6.07, 6.45) is 1.30. The molecule has 0 aliphatic rings. The number of hydrazone groups is 1. The van der Waals surface area contributed by atoms with E-state index in [9.17, 15) is 14.7 Å². The van der Waals surface area contributed by atoms with Gasteiger partial charge in [-0.2, -0.15) is 10.2 Å². The number of hydrogen-bond donors (Lipinski definition) is 3. The van der Waals surface area contributed by atoms with Crippen molar-refractivity contribution in [2.45, 2.75) is 6.42 Å². The molecule has 2 aromatic carbocycles. The van der Waals surface area contributed by atoms with Crippen molar-refractivity contribution in [3.8, 4) is 5.75 Å². The molecule has 126 valence electrons. The Labute approximate surface area is 150 Å². The first-order valence-electron chi connectivity index (χ1n) is 7.31. The number of carbonyl (C=O) groups excluding carboxylic acids is 1. The number of hydrogen-bond acceptors (Lipinski definition) is 5. The minimum absolute atomic E-state index is 0.0426. The summed E-state index contributed by atoms with van der Waals surface area (Å²) in [7, 11) is 0. The van der Waals surface area contributed by atoms with Crippen LogP contribution in [0.2, 0.25) is 0 Å². The number of benzene rings is 2. The molecule has 1 amide bonds. The van der Waals surface area contributed by atoms with Crippen LogP contribution in [0.15, 0.2) is 56.8 Å². The van der Waals surface area contributed by atoms with Crippen LogP contribution in [-0.2, 0) is 11.2 Å². The largest absolute Gasteiger partial charge is 0.507 e. The Morgan fingerprint density at radius 3 is 2.84 bits per heavy atom. The summed E-state index contributed by atoms with van der Waals surface area (Å²) in [5, 5.41) is 21.0. The van der Waals surface area contributed by atoms with Gasteiger partial charge in [-0.15, -0.1) is 0 Å². The van der Waals surface area contributed by atoms with Crippen molar-refractivity contribution in [3.05, 3.63) is 68.5 Å². The number of phenolic OH excluding ortho intramolecular Hbond substituents is 1. The molecule has 0 aliphatic carbocycles. The van der Waals surface area contributed by atoms with Gasteiger partial charge in [0.25, 0.3) is 5.56 Å². The molecule has 3 rings (SSSR count). The number of aromatic hydroxyl groups is 1. The normalized spacial score (nSPS) is 11.1. The summed E-state index contributed by atoms with van der Waals surface area (Å²) in [5.41, 5.74) is 2.99. The number of rotatable bonds is 4. The number of halogens is 1. The molecule has 7 nitrogen and oxygen atoms in total. The maximum atomic E-state index is 12.1. The summed E-state index contributed by atoms with van der Waals surface area (Å²) in [4.78, 5) is 23.8. The van der Waals surface area contributed by atoms with Gasteiger partial charge < -0.3 is 5.11 Å². The number of nitrogens with one attached hydrogen (secondary N) is 2. The summed E-state index contributed by atoms with van der Waals surface area (Å²) in [5.74, 6) is -0.343. The second-order valence-electron chi connectivity index (χ2n) is 5.22. The third-order valence-electron chi connectivity index (χ3n) is 3.49. The van der Waals surface area contributed by atoms with Crippen molar-refractivity contribution in [3.63, 3.8) is 0 Å². The van der Waals surface area contributed by atoms with E-state index >= 15 is 0 Å². The molecule has 0 bridgehead atoms. The van der Waals surface area contributed by atoms with Gasteiger partial charge in [-0.05, 0) is 24.3 Å². The molecule has 1 heterocycles. The van der Waals surface area contributed by atoms with Crippen LogP contribution in [-0.4, -0.2) is 27.4 Å². The Morgan fingerprint density at radius 2 is 2.04 bits per heavy atom. The second kappa shape index (κ2) is 7.27. The molecule has 0 saturated carbocycles. The van der Waals surface area contributed by atoms with Crippen molar-refractivity contribution in [1.29, 1.82) is 0 Å². The Morgan fingerprint density at radius 1 is 1.28 bits per heavy atom. The zero-order valence-corrected chi connectivity index (χ0v) is 14.4. The predicted octanol–water partition coefficient (Wildman–Crippen LogP) is 2.08. The van der Waals surface area contributed by atoms with Crippen LogP contribution in [0.1, 0.15) is 11.3 Å². The zero-order valence-electron chi connectivity index (χ0n) is 12.9. The second-order valence-corrected chi connectivity index (χ2v) is 6.13. The minimum Gasteiger partial charge on any atom is -0.507 e. The molecule has 1 aromatic heterocycles. The topological polar surface area (TPSA) is 107 Å². The van der Waals surface area contributed by atoms with Crippen molar-refractivity contribution in [2.75, 3.05) is 0 Å². The van der Waals surface area contributed by atoms with Crippen LogP contribution in [0.3, 0.4) is 0 Å². The van der Waals surface area contributed by atoms with Crippen molar-refractivity contribution in [1.82, 2.24) is 15.6 Å². The average molecular weight is 401 g/mol. The van der Waals surface area contributed by atoms with E-state index in [4.69, 9.17) is 0 Å². The van der Waals surface area contributed by atoms with Crippen LogP contribution in [0.4, 0.5) is 0 Å². The van der Waals surface area contributed by atoms with Gasteiger partial charge in [0, 0.05) is 15.4 Å². The van der Waals surface area contributed by atoms with Crippen LogP contribution in [0.25, 0.3) is 10.8 Å². The molecule has 0 saturated heterocycles. The summed E-state index contributed by atoms with van der Waals surface area (Å²) < 4.78 is 0.780. The van der Waals surface area contributed by atoms with Crippen molar-refractivity contribution < 1.29 is 9.90 Å². The molecule has 0 radical (unpaired) electrons. The number of phenols is 1. The SMILES string of the molecule is O=C(Cc1n[nH]c(=O)c2ccccc12)N/N=C/c1cc(Br)ccc1O. The highest BCUT2D eigenvalue weighted by molar-refractivity contribution is 9.10. The van der Waals surface area contributed by atoms with Gasteiger partial charge >= 0.3 is 0 Å². The Hall–Kier alpha value is -3.00. The first-order valence-corrected chi connectivity index (χ1v) is 8.10. The zero-order chi connectivity index (χ0) is 17.8. The molecule has 0 fully saturated rings. The Balaban J connectivity index is 1.73. The van der Waals surface area contributed by atoms with Crippen LogP contribution in [0.5, 0.6) is 5.75 Å². The Bertz CT molecular complexity index is 1030. The highest BCUT2D eigenvalue weighted by atomic mass is 79.9. The van der Waals surface area contributed by atoms with E-state index in [0.29, 0.717) is 22.0 Å². The molecule has 0 aliphatic heterocycles. The fourth-order valence-corrected chi connectivity index (χ4v) is 2.68. The van der Waals surface area contributed by atoms with Crippen molar-refractivity contribution >= 4 is 38.8 Å². The predicted molar refractivity (Wildman–Crippen MR) is 97.6 cm³/mol. The van der Waals surface area contributed by atoms with E-state index in [-0.39, 0.29) is 17.7 Å². The number of nitrogens with zero attached hydrogens (tertiary/aromatic N) is 2. The highest BCUT2D eigenvalue weighted by Gasteiger charge is 2.10. The lowest BCUT2D eigenvalue weighted by atomic mass is 10.1. The van der Waals surface area contributed by atoms with E-state index < -0.39 is 5.91 Å². The summed E-state index contributed by atoms with van der Waals surface area (Å²) in [6, 6.07) is 11.8. The molecular weight excluding hydrogens is 388 g/mol. The quantitative estimate of drug-likeness (QED) is 0.460. The maximum absolute atomic E-state index is 12.1. The lowest BCUT2D eigenvalue weighted by Crippen LogP contribution is -2.22. The van der Waals surface area contributed by atoms with Gasteiger partial charge in [-0.3, -0.25) is 9.59 Å². The fraction of sp³-hybridized carbons (Fsp3) is 0.0588. The average Bonchev–Trinajstić information content (AvgIpc) is 2.61. The van der Waals surface area contributed by atoms with Crippen LogP contribution < -0.4 is 11.0 Å². The summed E-state index contributed by atoms with van der Waals surface area (Å²) in [6.45, 7) is 0. The lowest BCUT2D eigenvalue weighted by Gasteiger charge is -2.04. The van der Waals surface area contributed by atoms with Gasteiger partial charge in [-0.25, -0.2) is 10.5 Å². The maximum Gasteiger partial charge on any atom is 0.272 e. The van der Waals surface area contributed by atoms with Crippen LogP contribution in [0, 0.1) is 0 Å². The number of aromatic nitrogens is 2. The first kappa shape index (κ1) is 16.8. The van der Waals surface area contributed by atoms with E-state index in [0.717, 1.165) is 4.47 Å². The summed E-state index contributed by atoms with van der Waals surface area (Å²) >= 11 is 3.29. The molecule has 0 atom stereocenters. The molecule has 3 aromatic rings. The molecule has 0 unspecified atom stereocenters. The number of amides is 1. The highest BCUT2D eigenvalue weighted by Crippen LogP contribution is 2.20. The number of carbonyl (C=O) groups is 1. The standard InChI is InChI=1S/C17H13BrN4O3/c18-11-5-6-15(23)10(7-11)9-19-21-16(24)8-14-12-3-1-2-4-13(12)17(25)22-20-14/h1-7,9,23H,8H2,(H,21,24)(H,22,25)/b19-9+. The molecule has 0 spiro atoms. The van der Waals surface area contributed by atoms with Gasteiger partial charge in [-0.1, -0.05) is 34.1 Å². The van der Waals surface area contributed by atoms with E-state index in [1.54, 1.807) is 36.4 Å².